The Morgan fingerprint density at radius 3 is 2.62 bits per heavy atom. The van der Waals surface area contributed by atoms with Crippen LogP contribution in [0, 0.1) is 5.92 Å². The van der Waals surface area contributed by atoms with Gasteiger partial charge in [0.2, 0.25) is 17.7 Å². The summed E-state index contributed by atoms with van der Waals surface area (Å²) in [6.07, 6.45) is 6.00. The Bertz CT molecular complexity index is 769. The number of hydrogen-bond donors (Lipinski definition) is 0. The second-order valence-corrected chi connectivity index (χ2v) is 7.31. The van der Waals surface area contributed by atoms with E-state index in [1.807, 2.05) is 34.0 Å². The standard InChI is InChI=1S/C17H22N4O3/c1-17(2,3)13-8-18-14(24-13)10-21-15(22)6-12(16(21)23)5-11-7-19-20(4)9-11/h7-9,12H,5-6,10H2,1-4H3/t12-/m1/s1. The molecular formula is C17H22N4O3. The van der Waals surface area contributed by atoms with Crippen molar-refractivity contribution >= 4 is 11.8 Å². The van der Waals surface area contributed by atoms with E-state index >= 15 is 0 Å². The van der Waals surface area contributed by atoms with Gasteiger partial charge in [0.15, 0.2) is 0 Å². The van der Waals surface area contributed by atoms with Gasteiger partial charge in [0.25, 0.3) is 0 Å². The van der Waals surface area contributed by atoms with Crippen LogP contribution in [0.4, 0.5) is 0 Å². The van der Waals surface area contributed by atoms with Crippen molar-refractivity contribution in [3.8, 4) is 0 Å². The largest absolute Gasteiger partial charge is 0.443 e. The third-order valence-corrected chi connectivity index (χ3v) is 4.16. The first kappa shape index (κ1) is 16.4. The molecule has 1 fully saturated rings. The Balaban J connectivity index is 1.69. The molecule has 0 radical (unpaired) electrons. The van der Waals surface area contributed by atoms with Gasteiger partial charge in [-0.3, -0.25) is 19.2 Å². The molecule has 1 aliphatic rings. The van der Waals surface area contributed by atoms with E-state index < -0.39 is 0 Å². The molecule has 2 aromatic heterocycles. The van der Waals surface area contributed by atoms with Crippen molar-refractivity contribution in [2.45, 2.75) is 45.6 Å². The molecule has 0 aliphatic carbocycles. The molecule has 0 spiro atoms. The van der Waals surface area contributed by atoms with Crippen LogP contribution in [0.25, 0.3) is 0 Å². The van der Waals surface area contributed by atoms with Crippen molar-refractivity contribution in [1.29, 1.82) is 0 Å². The highest BCUT2D eigenvalue weighted by Gasteiger charge is 2.39. The molecule has 0 aromatic carbocycles. The van der Waals surface area contributed by atoms with E-state index in [1.165, 1.54) is 4.90 Å². The van der Waals surface area contributed by atoms with E-state index in [9.17, 15) is 9.59 Å². The number of hydrogen-bond acceptors (Lipinski definition) is 5. The fourth-order valence-corrected chi connectivity index (χ4v) is 2.80. The summed E-state index contributed by atoms with van der Waals surface area (Å²) in [7, 11) is 1.83. The Hall–Kier alpha value is -2.44. The van der Waals surface area contributed by atoms with E-state index in [4.69, 9.17) is 4.42 Å². The van der Waals surface area contributed by atoms with Gasteiger partial charge in [-0.25, -0.2) is 4.98 Å². The maximum atomic E-state index is 12.5. The topological polar surface area (TPSA) is 81.2 Å². The molecule has 1 aliphatic heterocycles. The summed E-state index contributed by atoms with van der Waals surface area (Å²) in [5.74, 6) is 0.453. The predicted molar refractivity (Wildman–Crippen MR) is 85.8 cm³/mol. The third kappa shape index (κ3) is 3.25. The van der Waals surface area contributed by atoms with Gasteiger partial charge in [-0.2, -0.15) is 5.10 Å². The van der Waals surface area contributed by atoms with Crippen molar-refractivity contribution in [3.05, 3.63) is 35.8 Å². The van der Waals surface area contributed by atoms with E-state index in [2.05, 4.69) is 10.1 Å². The molecule has 2 amide bonds. The lowest BCUT2D eigenvalue weighted by Crippen LogP contribution is -2.30. The Labute approximate surface area is 140 Å². The van der Waals surface area contributed by atoms with Gasteiger partial charge in [-0.05, 0) is 12.0 Å². The van der Waals surface area contributed by atoms with Gasteiger partial charge in [0, 0.05) is 25.1 Å². The molecule has 0 unspecified atom stereocenters. The maximum absolute atomic E-state index is 12.5. The second-order valence-electron chi connectivity index (χ2n) is 7.31. The summed E-state index contributed by atoms with van der Waals surface area (Å²) in [6.45, 7) is 6.16. The fraction of sp³-hybridized carbons (Fsp3) is 0.529. The maximum Gasteiger partial charge on any atom is 0.233 e. The molecule has 128 valence electrons. The van der Waals surface area contributed by atoms with Crippen LogP contribution in [0.15, 0.2) is 23.0 Å². The van der Waals surface area contributed by atoms with Crippen molar-refractivity contribution in [1.82, 2.24) is 19.7 Å². The van der Waals surface area contributed by atoms with Crippen LogP contribution in [0.2, 0.25) is 0 Å². The zero-order valence-electron chi connectivity index (χ0n) is 14.4. The first-order chi connectivity index (χ1) is 11.2. The van der Waals surface area contributed by atoms with Crippen LogP contribution in [0.3, 0.4) is 0 Å². The zero-order valence-corrected chi connectivity index (χ0v) is 14.4. The van der Waals surface area contributed by atoms with Gasteiger partial charge in [-0.15, -0.1) is 0 Å². The third-order valence-electron chi connectivity index (χ3n) is 4.16. The summed E-state index contributed by atoms with van der Waals surface area (Å²) >= 11 is 0. The van der Waals surface area contributed by atoms with Crippen LogP contribution in [0.5, 0.6) is 0 Å². The van der Waals surface area contributed by atoms with E-state index in [-0.39, 0.29) is 36.1 Å². The Morgan fingerprint density at radius 1 is 1.29 bits per heavy atom. The molecule has 1 saturated heterocycles. The minimum absolute atomic E-state index is 0.0945. The molecule has 3 heterocycles. The van der Waals surface area contributed by atoms with Crippen molar-refractivity contribution in [2.24, 2.45) is 13.0 Å². The minimum atomic E-state index is -0.334. The molecule has 0 saturated carbocycles. The molecular weight excluding hydrogens is 308 g/mol. The number of carbonyl (C=O) groups excluding carboxylic acids is 2. The molecule has 2 aromatic rings. The summed E-state index contributed by atoms with van der Waals surface area (Å²) in [4.78, 5) is 30.2. The highest BCUT2D eigenvalue weighted by Crippen LogP contribution is 2.27. The van der Waals surface area contributed by atoms with Crippen LogP contribution < -0.4 is 0 Å². The number of rotatable bonds is 4. The minimum Gasteiger partial charge on any atom is -0.443 e. The van der Waals surface area contributed by atoms with Crippen molar-refractivity contribution in [3.63, 3.8) is 0 Å². The molecule has 7 heteroatoms. The van der Waals surface area contributed by atoms with E-state index in [0.29, 0.717) is 12.3 Å². The number of carbonyl (C=O) groups is 2. The zero-order chi connectivity index (χ0) is 17.5. The van der Waals surface area contributed by atoms with Crippen molar-refractivity contribution < 1.29 is 14.0 Å². The molecule has 3 rings (SSSR count). The number of oxazole rings is 1. The quantitative estimate of drug-likeness (QED) is 0.799. The molecule has 0 bridgehead atoms. The lowest BCUT2D eigenvalue weighted by molar-refractivity contribution is -0.140. The summed E-state index contributed by atoms with van der Waals surface area (Å²) in [5, 5.41) is 4.10. The smallest absolute Gasteiger partial charge is 0.233 e. The first-order valence-electron chi connectivity index (χ1n) is 8.01. The fourth-order valence-electron chi connectivity index (χ4n) is 2.80. The number of nitrogens with zero attached hydrogens (tertiary/aromatic N) is 4. The Morgan fingerprint density at radius 2 is 2.04 bits per heavy atom. The summed E-state index contributed by atoms with van der Waals surface area (Å²) < 4.78 is 7.38. The summed E-state index contributed by atoms with van der Waals surface area (Å²) in [5.41, 5.74) is 0.796. The molecule has 7 nitrogen and oxygen atoms in total. The monoisotopic (exact) mass is 330 g/mol. The number of aryl methyl sites for hydroxylation is 1. The van der Waals surface area contributed by atoms with Crippen LogP contribution >= 0.6 is 0 Å². The highest BCUT2D eigenvalue weighted by atomic mass is 16.4. The van der Waals surface area contributed by atoms with Crippen LogP contribution in [-0.2, 0) is 35.0 Å². The Kier molecular flexibility index (Phi) is 4.03. The molecule has 0 N–H and O–H groups in total. The van der Waals surface area contributed by atoms with Gasteiger partial charge in [-0.1, -0.05) is 20.8 Å². The van der Waals surface area contributed by atoms with Crippen LogP contribution in [0.1, 0.15) is 44.4 Å². The van der Waals surface area contributed by atoms with Gasteiger partial charge in [0.1, 0.15) is 12.3 Å². The van der Waals surface area contributed by atoms with E-state index in [1.54, 1.807) is 17.1 Å². The number of aromatic nitrogens is 3. The predicted octanol–water partition coefficient (Wildman–Crippen LogP) is 1.82. The number of amides is 2. The number of likely N-dealkylation sites (tertiary alicyclic amines) is 1. The normalized spacial score (nSPS) is 18.7. The molecule has 24 heavy (non-hydrogen) atoms. The second kappa shape index (κ2) is 5.89. The van der Waals surface area contributed by atoms with E-state index in [0.717, 1.165) is 11.3 Å². The summed E-state index contributed by atoms with van der Waals surface area (Å²) in [6, 6.07) is 0. The van der Waals surface area contributed by atoms with Gasteiger partial charge >= 0.3 is 0 Å². The highest BCUT2D eigenvalue weighted by molar-refractivity contribution is 6.03. The molecule has 1 atom stereocenters. The SMILES string of the molecule is Cn1cc(C[C@@H]2CC(=O)N(Cc3ncc(C(C)(C)C)o3)C2=O)cn1. The number of imide groups is 1. The average Bonchev–Trinajstić information content (AvgIpc) is 3.16. The van der Waals surface area contributed by atoms with Crippen LogP contribution in [-0.4, -0.2) is 31.5 Å². The van der Waals surface area contributed by atoms with Crippen molar-refractivity contribution in [2.75, 3.05) is 0 Å². The first-order valence-corrected chi connectivity index (χ1v) is 8.01. The van der Waals surface area contributed by atoms with Gasteiger partial charge in [0.05, 0.1) is 18.3 Å². The lowest BCUT2D eigenvalue weighted by Gasteiger charge is -2.14. The van der Waals surface area contributed by atoms with Gasteiger partial charge < -0.3 is 4.42 Å². The average molecular weight is 330 g/mol. The lowest BCUT2D eigenvalue weighted by atomic mass is 9.94.